The van der Waals surface area contributed by atoms with Crippen LogP contribution in [0.5, 0.6) is 17.5 Å². The van der Waals surface area contributed by atoms with Crippen LogP contribution in [0.1, 0.15) is 54.2 Å². The number of nitrogens with one attached hydrogen (secondary N) is 2. The molecule has 1 aliphatic carbocycles. The lowest BCUT2D eigenvalue weighted by molar-refractivity contribution is -0.139. The minimum Gasteiger partial charge on any atom is -0.496 e. The summed E-state index contributed by atoms with van der Waals surface area (Å²) < 4.78 is 59.9. The Balaban J connectivity index is 1.45. The van der Waals surface area contributed by atoms with Gasteiger partial charge < -0.3 is 35.1 Å². The molecule has 2 aromatic heterocycles. The van der Waals surface area contributed by atoms with Crippen LogP contribution in [-0.2, 0) is 25.7 Å². The van der Waals surface area contributed by atoms with Crippen molar-refractivity contribution in [2.75, 3.05) is 27.3 Å². The summed E-state index contributed by atoms with van der Waals surface area (Å²) >= 11 is 7.03. The van der Waals surface area contributed by atoms with Gasteiger partial charge in [-0.05, 0) is 61.6 Å². The number of rotatable bonds is 14. The lowest BCUT2D eigenvalue weighted by atomic mass is 9.95. The van der Waals surface area contributed by atoms with Gasteiger partial charge in [0, 0.05) is 54.6 Å². The summed E-state index contributed by atoms with van der Waals surface area (Å²) in [6.45, 7) is 4.44. The molecule has 2 aromatic carbocycles. The Labute approximate surface area is 288 Å². The molecule has 0 saturated carbocycles. The Hall–Kier alpha value is -3.94. The first-order valence-electron chi connectivity index (χ1n) is 15.9. The van der Waals surface area contributed by atoms with E-state index in [0.717, 1.165) is 39.4 Å². The molecular formula is C36H40ClF3N4O5. The summed E-state index contributed by atoms with van der Waals surface area (Å²) in [5.74, 6) is 0.0893. The van der Waals surface area contributed by atoms with Gasteiger partial charge >= 0.3 is 6.18 Å². The molecule has 0 amide bonds. The van der Waals surface area contributed by atoms with Gasteiger partial charge in [-0.15, -0.1) is 0 Å². The average Bonchev–Trinajstić information content (AvgIpc) is 3.47. The van der Waals surface area contributed by atoms with Crippen LogP contribution in [-0.4, -0.2) is 59.7 Å². The fraction of sp³-hybridized carbons (Fsp3) is 0.389. The summed E-state index contributed by atoms with van der Waals surface area (Å²) in [6.07, 6.45) is -3.91. The van der Waals surface area contributed by atoms with Crippen LogP contribution in [0.15, 0.2) is 54.7 Å². The van der Waals surface area contributed by atoms with Crippen molar-refractivity contribution in [3.63, 3.8) is 0 Å². The van der Waals surface area contributed by atoms with Crippen LogP contribution in [0.2, 0.25) is 5.02 Å². The molecule has 13 heteroatoms. The number of halogens is 4. The van der Waals surface area contributed by atoms with Crippen molar-refractivity contribution in [3.05, 3.63) is 87.6 Å². The van der Waals surface area contributed by atoms with Crippen molar-refractivity contribution in [2.24, 2.45) is 0 Å². The molecular weight excluding hydrogens is 661 g/mol. The first-order chi connectivity index (χ1) is 23.4. The second kappa shape index (κ2) is 15.7. The standard InChI is InChI=1S/C36H40ClF3N4O5/c1-20(45)16-41-18-23-9-8-22(15-31(23)47-3)33-32(37)28(12-13-43-33)25-6-5-7-27-26(25)10-11-30(27)49-35-29(36(38,39)40)14-24(34(44-35)48-4)19-42-17-21(2)46/h5-9,12-15,20-21,30,41-42,45-46H,10-11,16-19H2,1-4H3/t20-,21-,30+/m0/s1. The van der Waals surface area contributed by atoms with Crippen molar-refractivity contribution in [2.45, 2.75) is 64.3 Å². The number of alkyl halides is 3. The Morgan fingerprint density at radius 1 is 0.918 bits per heavy atom. The summed E-state index contributed by atoms with van der Waals surface area (Å²) in [5.41, 5.74) is 4.64. The molecule has 3 atom stereocenters. The summed E-state index contributed by atoms with van der Waals surface area (Å²) in [7, 11) is 2.92. The van der Waals surface area contributed by atoms with Gasteiger partial charge in [0.15, 0.2) is 0 Å². The van der Waals surface area contributed by atoms with Crippen molar-refractivity contribution in [3.8, 4) is 39.9 Å². The molecule has 0 unspecified atom stereocenters. The van der Waals surface area contributed by atoms with E-state index in [1.165, 1.54) is 7.11 Å². The monoisotopic (exact) mass is 700 g/mol. The number of fused-ring (bicyclic) bond motifs is 1. The zero-order valence-corrected chi connectivity index (χ0v) is 28.5. The maximum Gasteiger partial charge on any atom is 0.421 e. The predicted octanol–water partition coefficient (Wildman–Crippen LogP) is 6.51. The summed E-state index contributed by atoms with van der Waals surface area (Å²) in [4.78, 5) is 8.72. The van der Waals surface area contributed by atoms with Crippen molar-refractivity contribution >= 4 is 11.6 Å². The topological polar surface area (TPSA) is 118 Å². The van der Waals surface area contributed by atoms with Gasteiger partial charge in [-0.25, -0.2) is 0 Å². The zero-order chi connectivity index (χ0) is 35.3. The number of pyridine rings is 2. The Bertz CT molecular complexity index is 1770. The maximum absolute atomic E-state index is 14.3. The van der Waals surface area contributed by atoms with E-state index in [1.807, 2.05) is 42.5 Å². The molecule has 0 radical (unpaired) electrons. The molecule has 1 aliphatic rings. The average molecular weight is 701 g/mol. The van der Waals surface area contributed by atoms with Gasteiger partial charge in [-0.3, -0.25) is 4.98 Å². The second-order valence-corrected chi connectivity index (χ2v) is 12.4. The second-order valence-electron chi connectivity index (χ2n) is 12.0. The quantitative estimate of drug-likeness (QED) is 0.117. The Kier molecular flexibility index (Phi) is 11.7. The molecule has 0 bridgehead atoms. The van der Waals surface area contributed by atoms with Crippen molar-refractivity contribution < 1.29 is 37.6 Å². The minimum absolute atomic E-state index is 0.00449. The van der Waals surface area contributed by atoms with Gasteiger partial charge in [-0.1, -0.05) is 41.9 Å². The largest absolute Gasteiger partial charge is 0.496 e. The third kappa shape index (κ3) is 8.45. The molecule has 262 valence electrons. The van der Waals surface area contributed by atoms with E-state index in [1.54, 1.807) is 27.2 Å². The van der Waals surface area contributed by atoms with E-state index in [4.69, 9.17) is 25.8 Å². The fourth-order valence-corrected chi connectivity index (χ4v) is 6.29. The molecule has 0 spiro atoms. The van der Waals surface area contributed by atoms with Crippen LogP contribution >= 0.6 is 11.6 Å². The van der Waals surface area contributed by atoms with Crippen LogP contribution in [0, 0.1) is 0 Å². The predicted molar refractivity (Wildman–Crippen MR) is 181 cm³/mol. The summed E-state index contributed by atoms with van der Waals surface area (Å²) in [6, 6.07) is 14.1. The smallest absolute Gasteiger partial charge is 0.421 e. The fourth-order valence-electron chi connectivity index (χ4n) is 5.97. The zero-order valence-electron chi connectivity index (χ0n) is 27.7. The van der Waals surface area contributed by atoms with Gasteiger partial charge in [0.2, 0.25) is 11.8 Å². The maximum atomic E-state index is 14.3. The number of aromatic nitrogens is 2. The molecule has 0 fully saturated rings. The van der Waals surface area contributed by atoms with E-state index in [9.17, 15) is 23.4 Å². The molecule has 0 saturated heterocycles. The van der Waals surface area contributed by atoms with E-state index < -0.39 is 35.9 Å². The minimum atomic E-state index is -4.73. The highest BCUT2D eigenvalue weighted by Crippen LogP contribution is 2.45. The van der Waals surface area contributed by atoms with Crippen molar-refractivity contribution in [1.29, 1.82) is 0 Å². The van der Waals surface area contributed by atoms with Crippen LogP contribution in [0.4, 0.5) is 13.2 Å². The Morgan fingerprint density at radius 2 is 1.63 bits per heavy atom. The lowest BCUT2D eigenvalue weighted by Gasteiger charge is -2.21. The van der Waals surface area contributed by atoms with Gasteiger partial charge in [0.25, 0.3) is 0 Å². The SMILES string of the molecule is COc1cc(-c2nccc(-c3cccc4c3CC[C@H]4Oc3nc(OC)c(CNC[C@H](C)O)cc3C(F)(F)F)c2Cl)ccc1CNC[C@H](C)O. The lowest BCUT2D eigenvalue weighted by Crippen LogP contribution is -2.24. The number of hydrogen-bond donors (Lipinski definition) is 4. The Morgan fingerprint density at radius 3 is 2.29 bits per heavy atom. The number of nitrogens with zero attached hydrogens (tertiary/aromatic N) is 2. The number of methoxy groups -OCH3 is 2. The number of benzene rings is 2. The number of aliphatic hydroxyl groups is 2. The number of aliphatic hydroxyl groups excluding tert-OH is 2. The highest BCUT2D eigenvalue weighted by molar-refractivity contribution is 6.35. The third-order valence-corrected chi connectivity index (χ3v) is 8.63. The first kappa shape index (κ1) is 36.3. The van der Waals surface area contributed by atoms with Gasteiger partial charge in [0.05, 0.1) is 37.1 Å². The third-order valence-electron chi connectivity index (χ3n) is 8.25. The first-order valence-corrected chi connectivity index (χ1v) is 16.3. The van der Waals surface area contributed by atoms with Crippen LogP contribution in [0.3, 0.4) is 0 Å². The van der Waals surface area contributed by atoms with Crippen molar-refractivity contribution in [1.82, 2.24) is 20.6 Å². The molecule has 49 heavy (non-hydrogen) atoms. The number of ether oxygens (including phenoxy) is 3. The molecule has 5 rings (SSSR count). The highest BCUT2D eigenvalue weighted by atomic mass is 35.5. The normalized spacial score (nSPS) is 15.5. The van der Waals surface area contributed by atoms with Crippen LogP contribution < -0.4 is 24.8 Å². The summed E-state index contributed by atoms with van der Waals surface area (Å²) in [5, 5.41) is 25.6. The molecule has 0 aliphatic heterocycles. The van der Waals surface area contributed by atoms with Gasteiger partial charge in [0.1, 0.15) is 17.4 Å². The van der Waals surface area contributed by atoms with E-state index in [0.29, 0.717) is 42.4 Å². The van der Waals surface area contributed by atoms with Gasteiger partial charge in [-0.2, -0.15) is 18.2 Å². The molecule has 4 N–H and O–H groups in total. The molecule has 9 nitrogen and oxygen atoms in total. The van der Waals surface area contributed by atoms with E-state index in [2.05, 4.69) is 20.6 Å². The molecule has 2 heterocycles. The highest BCUT2D eigenvalue weighted by Gasteiger charge is 2.38. The van der Waals surface area contributed by atoms with E-state index >= 15 is 0 Å². The van der Waals surface area contributed by atoms with E-state index in [-0.39, 0.29) is 24.5 Å². The van der Waals surface area contributed by atoms with Crippen LogP contribution in [0.25, 0.3) is 22.4 Å². The molecule has 4 aromatic rings. The number of hydrogen-bond acceptors (Lipinski definition) is 9.